The quantitative estimate of drug-likeness (QED) is 0.838. The van der Waals surface area contributed by atoms with Crippen molar-refractivity contribution in [2.45, 2.75) is 65.3 Å². The van der Waals surface area contributed by atoms with Crippen LogP contribution in [0.3, 0.4) is 0 Å². The minimum atomic E-state index is 0.341. The summed E-state index contributed by atoms with van der Waals surface area (Å²) in [6.45, 7) is 11.1. The standard InChI is InChI=1S/C18H36N2O/c1-18(2,3)16-6-7-17(19)15(11-16)13-20-9-4-5-14(12-20)8-10-21/h14-17,21H,4-13,19H2,1-3H3. The van der Waals surface area contributed by atoms with Crippen molar-refractivity contribution >= 4 is 0 Å². The van der Waals surface area contributed by atoms with Crippen LogP contribution in [0.4, 0.5) is 0 Å². The van der Waals surface area contributed by atoms with E-state index >= 15 is 0 Å². The molecule has 1 heterocycles. The van der Waals surface area contributed by atoms with E-state index in [1.807, 2.05) is 0 Å². The average molecular weight is 296 g/mol. The molecule has 0 spiro atoms. The van der Waals surface area contributed by atoms with Gasteiger partial charge in [-0.1, -0.05) is 20.8 Å². The van der Waals surface area contributed by atoms with Crippen molar-refractivity contribution in [1.29, 1.82) is 0 Å². The highest BCUT2D eigenvalue weighted by Gasteiger charge is 2.35. The number of likely N-dealkylation sites (tertiary alicyclic amines) is 1. The molecule has 1 saturated carbocycles. The second kappa shape index (κ2) is 7.43. The summed E-state index contributed by atoms with van der Waals surface area (Å²) in [5.74, 6) is 2.18. The summed E-state index contributed by atoms with van der Waals surface area (Å²) in [6.07, 6.45) is 7.34. The molecule has 1 saturated heterocycles. The van der Waals surface area contributed by atoms with Crippen molar-refractivity contribution in [2.75, 3.05) is 26.2 Å². The molecule has 4 unspecified atom stereocenters. The number of aliphatic hydroxyl groups excluding tert-OH is 1. The first-order chi connectivity index (χ1) is 9.90. The first-order valence-electron chi connectivity index (χ1n) is 8.99. The van der Waals surface area contributed by atoms with Gasteiger partial charge in [-0.25, -0.2) is 0 Å². The lowest BCUT2D eigenvalue weighted by molar-refractivity contribution is 0.0770. The van der Waals surface area contributed by atoms with Crippen LogP contribution in [0.5, 0.6) is 0 Å². The van der Waals surface area contributed by atoms with Crippen LogP contribution in [0.1, 0.15) is 59.3 Å². The maximum Gasteiger partial charge on any atom is 0.0434 e. The summed E-state index contributed by atoms with van der Waals surface area (Å²) in [4.78, 5) is 2.62. The van der Waals surface area contributed by atoms with Crippen molar-refractivity contribution < 1.29 is 5.11 Å². The number of hydrogen-bond donors (Lipinski definition) is 2. The van der Waals surface area contributed by atoms with Gasteiger partial charge in [-0.3, -0.25) is 0 Å². The molecule has 21 heavy (non-hydrogen) atoms. The van der Waals surface area contributed by atoms with E-state index in [0.29, 0.717) is 29.9 Å². The van der Waals surface area contributed by atoms with Gasteiger partial charge in [0.1, 0.15) is 0 Å². The third-order valence-corrected chi connectivity index (χ3v) is 5.90. The van der Waals surface area contributed by atoms with E-state index in [1.165, 1.54) is 51.7 Å². The van der Waals surface area contributed by atoms with Gasteiger partial charge in [0.15, 0.2) is 0 Å². The third kappa shape index (κ3) is 4.94. The minimum Gasteiger partial charge on any atom is -0.396 e. The van der Waals surface area contributed by atoms with Gasteiger partial charge in [0.05, 0.1) is 0 Å². The zero-order valence-electron chi connectivity index (χ0n) is 14.4. The Bertz CT molecular complexity index is 311. The molecule has 4 atom stereocenters. The number of rotatable bonds is 4. The van der Waals surface area contributed by atoms with E-state index in [4.69, 9.17) is 10.8 Å². The molecule has 3 heteroatoms. The largest absolute Gasteiger partial charge is 0.396 e. The number of aliphatic hydroxyl groups is 1. The van der Waals surface area contributed by atoms with Crippen LogP contribution in [0, 0.1) is 23.2 Å². The minimum absolute atomic E-state index is 0.341. The summed E-state index contributed by atoms with van der Waals surface area (Å²) in [6, 6.07) is 0.391. The molecule has 0 aromatic carbocycles. The monoisotopic (exact) mass is 296 g/mol. The summed E-state index contributed by atoms with van der Waals surface area (Å²) in [5.41, 5.74) is 6.84. The Morgan fingerprint density at radius 2 is 1.95 bits per heavy atom. The number of nitrogens with zero attached hydrogens (tertiary/aromatic N) is 1. The van der Waals surface area contributed by atoms with E-state index in [2.05, 4.69) is 25.7 Å². The highest BCUT2D eigenvalue weighted by molar-refractivity contribution is 4.89. The van der Waals surface area contributed by atoms with Crippen LogP contribution in [-0.4, -0.2) is 42.3 Å². The number of nitrogens with two attached hydrogens (primary N) is 1. The normalized spacial score (nSPS) is 35.9. The fourth-order valence-corrected chi connectivity index (χ4v) is 4.35. The summed E-state index contributed by atoms with van der Waals surface area (Å²) in [7, 11) is 0. The first kappa shape index (κ1) is 17.2. The Hall–Kier alpha value is -0.120. The van der Waals surface area contributed by atoms with Gasteiger partial charge in [-0.05, 0) is 68.2 Å². The predicted molar refractivity (Wildman–Crippen MR) is 89.1 cm³/mol. The van der Waals surface area contributed by atoms with E-state index in [0.717, 1.165) is 12.3 Å². The number of piperidine rings is 1. The molecule has 0 bridgehead atoms. The Labute approximate surface area is 131 Å². The van der Waals surface area contributed by atoms with Crippen LogP contribution in [0.2, 0.25) is 0 Å². The maximum atomic E-state index is 9.15. The molecule has 0 radical (unpaired) electrons. The molecule has 2 rings (SSSR count). The van der Waals surface area contributed by atoms with Crippen molar-refractivity contribution in [2.24, 2.45) is 28.9 Å². The second-order valence-electron chi connectivity index (χ2n) is 8.58. The first-order valence-corrected chi connectivity index (χ1v) is 8.99. The van der Waals surface area contributed by atoms with Gasteiger partial charge in [0, 0.05) is 25.7 Å². The number of hydrogen-bond acceptors (Lipinski definition) is 3. The SMILES string of the molecule is CC(C)(C)C1CCC(N)C(CN2CCCC(CCO)C2)C1. The molecule has 3 nitrogen and oxygen atoms in total. The highest BCUT2D eigenvalue weighted by atomic mass is 16.3. The molecule has 2 aliphatic rings. The van der Waals surface area contributed by atoms with Crippen LogP contribution >= 0.6 is 0 Å². The van der Waals surface area contributed by atoms with Gasteiger partial charge < -0.3 is 15.7 Å². The molecule has 124 valence electrons. The van der Waals surface area contributed by atoms with Crippen LogP contribution < -0.4 is 5.73 Å². The van der Waals surface area contributed by atoms with Crippen molar-refractivity contribution in [3.63, 3.8) is 0 Å². The van der Waals surface area contributed by atoms with Crippen molar-refractivity contribution in [1.82, 2.24) is 4.90 Å². The van der Waals surface area contributed by atoms with Crippen LogP contribution in [-0.2, 0) is 0 Å². The lowest BCUT2D eigenvalue weighted by Crippen LogP contribution is -2.47. The van der Waals surface area contributed by atoms with Gasteiger partial charge in [0.2, 0.25) is 0 Å². The molecule has 1 aliphatic carbocycles. The summed E-state index contributed by atoms with van der Waals surface area (Å²) in [5, 5.41) is 9.15. The van der Waals surface area contributed by atoms with E-state index in [9.17, 15) is 0 Å². The fraction of sp³-hybridized carbons (Fsp3) is 1.00. The fourth-order valence-electron chi connectivity index (χ4n) is 4.35. The molecular weight excluding hydrogens is 260 g/mol. The molecular formula is C18H36N2O. The smallest absolute Gasteiger partial charge is 0.0434 e. The van der Waals surface area contributed by atoms with E-state index < -0.39 is 0 Å². The van der Waals surface area contributed by atoms with Crippen LogP contribution in [0.25, 0.3) is 0 Å². The van der Waals surface area contributed by atoms with Crippen molar-refractivity contribution in [3.05, 3.63) is 0 Å². The zero-order valence-corrected chi connectivity index (χ0v) is 14.4. The molecule has 0 amide bonds. The van der Waals surface area contributed by atoms with Crippen LogP contribution in [0.15, 0.2) is 0 Å². The van der Waals surface area contributed by atoms with Crippen molar-refractivity contribution in [3.8, 4) is 0 Å². The zero-order chi connectivity index (χ0) is 15.5. The Kier molecular flexibility index (Phi) is 6.10. The third-order valence-electron chi connectivity index (χ3n) is 5.90. The van der Waals surface area contributed by atoms with Gasteiger partial charge in [-0.2, -0.15) is 0 Å². The maximum absolute atomic E-state index is 9.15. The van der Waals surface area contributed by atoms with E-state index in [1.54, 1.807) is 0 Å². The molecule has 2 fully saturated rings. The lowest BCUT2D eigenvalue weighted by Gasteiger charge is -2.43. The lowest BCUT2D eigenvalue weighted by atomic mass is 9.67. The molecule has 1 aliphatic heterocycles. The Morgan fingerprint density at radius 3 is 2.62 bits per heavy atom. The summed E-state index contributed by atoms with van der Waals surface area (Å²) < 4.78 is 0. The Morgan fingerprint density at radius 1 is 1.19 bits per heavy atom. The molecule has 3 N–H and O–H groups in total. The Balaban J connectivity index is 1.88. The van der Waals surface area contributed by atoms with Gasteiger partial charge in [-0.15, -0.1) is 0 Å². The topological polar surface area (TPSA) is 49.5 Å². The van der Waals surface area contributed by atoms with Gasteiger partial charge >= 0.3 is 0 Å². The van der Waals surface area contributed by atoms with Gasteiger partial charge in [0.25, 0.3) is 0 Å². The summed E-state index contributed by atoms with van der Waals surface area (Å²) >= 11 is 0. The molecule has 0 aromatic heterocycles. The average Bonchev–Trinajstić information content (AvgIpc) is 2.41. The molecule has 0 aromatic rings. The predicted octanol–water partition coefficient (Wildman–Crippen LogP) is 2.87. The van der Waals surface area contributed by atoms with E-state index in [-0.39, 0.29) is 0 Å². The second-order valence-corrected chi connectivity index (χ2v) is 8.58. The highest BCUT2D eigenvalue weighted by Crippen LogP contribution is 2.40.